The SMILES string of the molecule is Cc1c(Cl)cccc1[C@@H]1CCN1. The monoisotopic (exact) mass is 181 g/mol. The quantitative estimate of drug-likeness (QED) is 0.703. The van der Waals surface area contributed by atoms with Crippen molar-refractivity contribution < 1.29 is 0 Å². The maximum Gasteiger partial charge on any atom is 0.0438 e. The minimum Gasteiger partial charge on any atom is -0.310 e. The summed E-state index contributed by atoms with van der Waals surface area (Å²) in [6.45, 7) is 3.22. The Hall–Kier alpha value is -0.530. The fraction of sp³-hybridized carbons (Fsp3) is 0.400. The molecule has 0 bridgehead atoms. The third-order valence-electron chi connectivity index (χ3n) is 2.51. The van der Waals surface area contributed by atoms with Crippen LogP contribution in [0.5, 0.6) is 0 Å². The van der Waals surface area contributed by atoms with Crippen molar-refractivity contribution in [2.45, 2.75) is 19.4 Å². The Kier molecular flexibility index (Phi) is 2.07. The molecule has 1 aliphatic heterocycles. The van der Waals surface area contributed by atoms with Gasteiger partial charge >= 0.3 is 0 Å². The summed E-state index contributed by atoms with van der Waals surface area (Å²) in [7, 11) is 0. The molecule has 1 heterocycles. The summed E-state index contributed by atoms with van der Waals surface area (Å²) >= 11 is 6.01. The van der Waals surface area contributed by atoms with E-state index in [9.17, 15) is 0 Å². The van der Waals surface area contributed by atoms with Crippen LogP contribution in [0.15, 0.2) is 18.2 Å². The van der Waals surface area contributed by atoms with Gasteiger partial charge < -0.3 is 5.32 Å². The first-order valence-corrected chi connectivity index (χ1v) is 4.65. The van der Waals surface area contributed by atoms with Crippen LogP contribution in [0.4, 0.5) is 0 Å². The van der Waals surface area contributed by atoms with Crippen LogP contribution in [0.2, 0.25) is 5.02 Å². The first-order valence-electron chi connectivity index (χ1n) is 4.27. The van der Waals surface area contributed by atoms with Gasteiger partial charge in [0.15, 0.2) is 0 Å². The van der Waals surface area contributed by atoms with Gasteiger partial charge in [-0.1, -0.05) is 23.7 Å². The van der Waals surface area contributed by atoms with Crippen LogP contribution >= 0.6 is 11.6 Å². The van der Waals surface area contributed by atoms with E-state index in [2.05, 4.69) is 18.3 Å². The predicted octanol–water partition coefficient (Wildman–Crippen LogP) is 2.68. The molecule has 1 N–H and O–H groups in total. The Balaban J connectivity index is 2.36. The number of benzene rings is 1. The normalized spacial score (nSPS) is 22.0. The van der Waals surface area contributed by atoms with E-state index in [1.807, 2.05) is 12.1 Å². The van der Waals surface area contributed by atoms with E-state index in [0.29, 0.717) is 6.04 Å². The average Bonchev–Trinajstić information content (AvgIpc) is 1.95. The minimum absolute atomic E-state index is 0.545. The van der Waals surface area contributed by atoms with Crippen molar-refractivity contribution in [3.05, 3.63) is 34.3 Å². The Morgan fingerprint density at radius 1 is 1.50 bits per heavy atom. The van der Waals surface area contributed by atoms with Crippen molar-refractivity contribution in [1.82, 2.24) is 5.32 Å². The van der Waals surface area contributed by atoms with Crippen molar-refractivity contribution in [3.63, 3.8) is 0 Å². The summed E-state index contributed by atoms with van der Waals surface area (Å²) < 4.78 is 0. The van der Waals surface area contributed by atoms with Crippen LogP contribution in [-0.2, 0) is 0 Å². The molecule has 64 valence electrons. The van der Waals surface area contributed by atoms with E-state index >= 15 is 0 Å². The van der Waals surface area contributed by atoms with Crippen LogP contribution in [0.3, 0.4) is 0 Å². The highest BCUT2D eigenvalue weighted by atomic mass is 35.5. The maximum absolute atomic E-state index is 6.01. The molecule has 2 heteroatoms. The molecule has 12 heavy (non-hydrogen) atoms. The number of nitrogens with one attached hydrogen (secondary N) is 1. The number of halogens is 1. The lowest BCUT2D eigenvalue weighted by Gasteiger charge is -2.29. The first kappa shape index (κ1) is 8.09. The molecular formula is C10H12ClN. The first-order chi connectivity index (χ1) is 5.79. The summed E-state index contributed by atoms with van der Waals surface area (Å²) in [5.41, 5.74) is 2.57. The number of hydrogen-bond donors (Lipinski definition) is 1. The standard InChI is InChI=1S/C10H12ClN/c1-7-8(10-5-6-12-10)3-2-4-9(7)11/h2-4,10,12H,5-6H2,1H3/t10-/m0/s1. The van der Waals surface area contributed by atoms with E-state index in [-0.39, 0.29) is 0 Å². The van der Waals surface area contributed by atoms with Gasteiger partial charge in [-0.3, -0.25) is 0 Å². The predicted molar refractivity (Wildman–Crippen MR) is 51.5 cm³/mol. The van der Waals surface area contributed by atoms with E-state index in [4.69, 9.17) is 11.6 Å². The molecule has 0 unspecified atom stereocenters. The Morgan fingerprint density at radius 3 is 2.83 bits per heavy atom. The largest absolute Gasteiger partial charge is 0.310 e. The zero-order chi connectivity index (χ0) is 8.55. The number of rotatable bonds is 1. The zero-order valence-electron chi connectivity index (χ0n) is 7.10. The summed E-state index contributed by atoms with van der Waals surface area (Å²) in [6, 6.07) is 6.66. The van der Waals surface area contributed by atoms with E-state index in [1.165, 1.54) is 17.5 Å². The molecule has 0 aromatic heterocycles. The summed E-state index contributed by atoms with van der Waals surface area (Å²) in [6.07, 6.45) is 1.24. The highest BCUT2D eigenvalue weighted by Gasteiger charge is 2.20. The van der Waals surface area contributed by atoms with Crippen molar-refractivity contribution in [2.75, 3.05) is 6.54 Å². The lowest BCUT2D eigenvalue weighted by molar-refractivity contribution is 0.382. The third-order valence-corrected chi connectivity index (χ3v) is 2.92. The topological polar surface area (TPSA) is 12.0 Å². The maximum atomic E-state index is 6.01. The minimum atomic E-state index is 0.545. The highest BCUT2D eigenvalue weighted by Crippen LogP contribution is 2.29. The molecule has 0 amide bonds. The van der Waals surface area contributed by atoms with Crippen molar-refractivity contribution in [2.24, 2.45) is 0 Å². The van der Waals surface area contributed by atoms with Gasteiger partial charge in [0.2, 0.25) is 0 Å². The molecule has 0 spiro atoms. The van der Waals surface area contributed by atoms with Crippen molar-refractivity contribution >= 4 is 11.6 Å². The molecule has 1 nitrogen and oxygen atoms in total. The van der Waals surface area contributed by atoms with Gasteiger partial charge in [-0.15, -0.1) is 0 Å². The molecule has 0 saturated carbocycles. The molecular weight excluding hydrogens is 170 g/mol. The van der Waals surface area contributed by atoms with E-state index in [1.54, 1.807) is 0 Å². The Bertz CT molecular complexity index is 292. The van der Waals surface area contributed by atoms with Crippen molar-refractivity contribution in [1.29, 1.82) is 0 Å². The average molecular weight is 182 g/mol. The fourth-order valence-corrected chi connectivity index (χ4v) is 1.74. The molecule has 1 aromatic rings. The van der Waals surface area contributed by atoms with Crippen molar-refractivity contribution in [3.8, 4) is 0 Å². The highest BCUT2D eigenvalue weighted by molar-refractivity contribution is 6.31. The lowest BCUT2D eigenvalue weighted by atomic mass is 9.94. The second-order valence-corrected chi connectivity index (χ2v) is 3.66. The molecule has 1 fully saturated rings. The summed E-state index contributed by atoms with van der Waals surface area (Å²) in [4.78, 5) is 0. The third kappa shape index (κ3) is 1.23. The van der Waals surface area contributed by atoms with Gasteiger partial charge in [0, 0.05) is 11.1 Å². The summed E-state index contributed by atoms with van der Waals surface area (Å²) in [5, 5.41) is 4.25. The zero-order valence-corrected chi connectivity index (χ0v) is 7.86. The second kappa shape index (κ2) is 3.08. The molecule has 0 radical (unpaired) electrons. The van der Waals surface area contributed by atoms with Gasteiger partial charge in [0.05, 0.1) is 0 Å². The van der Waals surface area contributed by atoms with Gasteiger partial charge in [-0.2, -0.15) is 0 Å². The fourth-order valence-electron chi connectivity index (χ4n) is 1.56. The lowest BCUT2D eigenvalue weighted by Crippen LogP contribution is -2.35. The van der Waals surface area contributed by atoms with Crippen LogP contribution in [0.25, 0.3) is 0 Å². The van der Waals surface area contributed by atoms with Crippen LogP contribution in [0.1, 0.15) is 23.6 Å². The van der Waals surface area contributed by atoms with Gasteiger partial charge in [-0.05, 0) is 37.1 Å². The second-order valence-electron chi connectivity index (χ2n) is 3.25. The molecule has 1 saturated heterocycles. The van der Waals surface area contributed by atoms with Gasteiger partial charge in [0.1, 0.15) is 0 Å². The molecule has 0 aliphatic carbocycles. The molecule has 1 aromatic carbocycles. The van der Waals surface area contributed by atoms with Gasteiger partial charge in [0.25, 0.3) is 0 Å². The summed E-state index contributed by atoms with van der Waals surface area (Å²) in [5.74, 6) is 0. The Morgan fingerprint density at radius 2 is 2.25 bits per heavy atom. The molecule has 1 aliphatic rings. The Labute approximate surface area is 77.7 Å². The van der Waals surface area contributed by atoms with E-state index < -0.39 is 0 Å². The molecule has 2 rings (SSSR count). The number of hydrogen-bond acceptors (Lipinski definition) is 1. The smallest absolute Gasteiger partial charge is 0.0438 e. The van der Waals surface area contributed by atoms with Crippen LogP contribution in [0, 0.1) is 6.92 Å². The molecule has 1 atom stereocenters. The van der Waals surface area contributed by atoms with Crippen LogP contribution in [-0.4, -0.2) is 6.54 Å². The van der Waals surface area contributed by atoms with Crippen LogP contribution < -0.4 is 5.32 Å². The van der Waals surface area contributed by atoms with Gasteiger partial charge in [-0.25, -0.2) is 0 Å². The van der Waals surface area contributed by atoms with E-state index in [0.717, 1.165) is 11.6 Å².